The molecule has 0 aliphatic heterocycles. The van der Waals surface area contributed by atoms with Crippen LogP contribution in [0.2, 0.25) is 5.15 Å². The van der Waals surface area contributed by atoms with Crippen molar-refractivity contribution in [1.29, 1.82) is 5.26 Å². The summed E-state index contributed by atoms with van der Waals surface area (Å²) in [4.78, 5) is 11.0. The SMILES string of the molecule is CC(C)(C)c1nn(CCC#N)c(Cl)c1C=O. The minimum atomic E-state index is -0.238. The number of hydrogen-bond donors (Lipinski definition) is 0. The van der Waals surface area contributed by atoms with Gasteiger partial charge in [-0.1, -0.05) is 32.4 Å². The van der Waals surface area contributed by atoms with Gasteiger partial charge in [-0.2, -0.15) is 10.4 Å². The number of aryl methyl sites for hydroxylation is 1. The lowest BCUT2D eigenvalue weighted by Gasteiger charge is -2.15. The van der Waals surface area contributed by atoms with Crippen LogP contribution >= 0.6 is 11.6 Å². The minimum absolute atomic E-state index is 0.238. The van der Waals surface area contributed by atoms with Gasteiger partial charge in [0.25, 0.3) is 0 Å². The van der Waals surface area contributed by atoms with Gasteiger partial charge in [0.2, 0.25) is 0 Å². The highest BCUT2D eigenvalue weighted by Crippen LogP contribution is 2.28. The van der Waals surface area contributed by atoms with E-state index in [1.165, 1.54) is 4.68 Å². The number of rotatable bonds is 3. The molecule has 0 aromatic carbocycles. The van der Waals surface area contributed by atoms with Crippen molar-refractivity contribution in [1.82, 2.24) is 9.78 Å². The van der Waals surface area contributed by atoms with Gasteiger partial charge in [-0.3, -0.25) is 9.48 Å². The molecule has 0 bridgehead atoms. The smallest absolute Gasteiger partial charge is 0.155 e. The van der Waals surface area contributed by atoms with Crippen molar-refractivity contribution in [3.8, 4) is 6.07 Å². The fourth-order valence-electron chi connectivity index (χ4n) is 1.42. The Balaban J connectivity index is 3.21. The highest BCUT2D eigenvalue weighted by atomic mass is 35.5. The molecule has 1 aromatic heterocycles. The maximum absolute atomic E-state index is 11.0. The van der Waals surface area contributed by atoms with E-state index in [2.05, 4.69) is 5.10 Å². The molecule has 0 saturated heterocycles. The van der Waals surface area contributed by atoms with E-state index in [0.717, 1.165) is 6.29 Å². The van der Waals surface area contributed by atoms with E-state index in [4.69, 9.17) is 16.9 Å². The summed E-state index contributed by atoms with van der Waals surface area (Å²) in [5.41, 5.74) is 0.857. The lowest BCUT2D eigenvalue weighted by Crippen LogP contribution is -2.15. The largest absolute Gasteiger partial charge is 0.298 e. The van der Waals surface area contributed by atoms with Gasteiger partial charge in [0.05, 0.1) is 30.3 Å². The Hall–Kier alpha value is -1.34. The molecule has 0 aliphatic carbocycles. The lowest BCUT2D eigenvalue weighted by atomic mass is 9.90. The van der Waals surface area contributed by atoms with Gasteiger partial charge >= 0.3 is 0 Å². The Labute approximate surface area is 99.8 Å². The molecular weight excluding hydrogens is 226 g/mol. The summed E-state index contributed by atoms with van der Waals surface area (Å²) in [5, 5.41) is 13.1. The number of carbonyl (C=O) groups is 1. The van der Waals surface area contributed by atoms with Gasteiger partial charge < -0.3 is 0 Å². The number of aldehydes is 1. The van der Waals surface area contributed by atoms with Crippen molar-refractivity contribution in [2.75, 3.05) is 0 Å². The maximum Gasteiger partial charge on any atom is 0.155 e. The first-order valence-corrected chi connectivity index (χ1v) is 5.38. The number of carbonyl (C=O) groups excluding carboxylic acids is 1. The zero-order valence-electron chi connectivity index (χ0n) is 9.62. The second-order valence-corrected chi connectivity index (χ2v) is 4.91. The summed E-state index contributed by atoms with van der Waals surface area (Å²) in [5.74, 6) is 0. The first kappa shape index (κ1) is 12.7. The van der Waals surface area contributed by atoms with Crippen LogP contribution in [0.15, 0.2) is 0 Å². The summed E-state index contributed by atoms with van der Waals surface area (Å²) in [6.07, 6.45) is 1.04. The fourth-order valence-corrected chi connectivity index (χ4v) is 1.67. The van der Waals surface area contributed by atoms with Gasteiger partial charge in [0, 0.05) is 5.41 Å². The van der Waals surface area contributed by atoms with Gasteiger partial charge in [-0.15, -0.1) is 0 Å². The highest BCUT2D eigenvalue weighted by molar-refractivity contribution is 6.32. The molecule has 0 aliphatic rings. The van der Waals surface area contributed by atoms with Crippen LogP contribution in [-0.4, -0.2) is 16.1 Å². The summed E-state index contributed by atoms with van der Waals surface area (Å²) < 4.78 is 1.51. The van der Waals surface area contributed by atoms with E-state index in [-0.39, 0.29) is 5.41 Å². The molecular formula is C11H14ClN3O. The van der Waals surface area contributed by atoms with E-state index in [1.807, 2.05) is 26.8 Å². The van der Waals surface area contributed by atoms with Crippen molar-refractivity contribution in [3.63, 3.8) is 0 Å². The van der Waals surface area contributed by atoms with Crippen LogP contribution < -0.4 is 0 Å². The zero-order valence-corrected chi connectivity index (χ0v) is 10.4. The molecule has 1 aromatic rings. The van der Waals surface area contributed by atoms with E-state index in [0.29, 0.717) is 29.4 Å². The number of hydrogen-bond acceptors (Lipinski definition) is 3. The molecule has 86 valence electrons. The summed E-state index contributed by atoms with van der Waals surface area (Å²) in [7, 11) is 0. The quantitative estimate of drug-likeness (QED) is 0.762. The Kier molecular flexibility index (Phi) is 3.71. The third kappa shape index (κ3) is 2.42. The molecule has 0 fully saturated rings. The molecule has 1 rings (SSSR count). The van der Waals surface area contributed by atoms with Crippen molar-refractivity contribution in [2.45, 2.75) is 39.2 Å². The Bertz CT molecular complexity index is 437. The van der Waals surface area contributed by atoms with Gasteiger partial charge in [0.1, 0.15) is 5.15 Å². The van der Waals surface area contributed by atoms with Gasteiger partial charge in [-0.25, -0.2) is 0 Å². The predicted octanol–water partition coefficient (Wildman–Crippen LogP) is 2.56. The second-order valence-electron chi connectivity index (χ2n) is 4.55. The monoisotopic (exact) mass is 239 g/mol. The fraction of sp³-hybridized carbons (Fsp3) is 0.545. The van der Waals surface area contributed by atoms with Crippen LogP contribution in [0, 0.1) is 11.3 Å². The van der Waals surface area contributed by atoms with Crippen molar-refractivity contribution in [2.24, 2.45) is 0 Å². The number of halogens is 1. The molecule has 16 heavy (non-hydrogen) atoms. The summed E-state index contributed by atoms with van der Waals surface area (Å²) in [6, 6.07) is 2.02. The normalized spacial score (nSPS) is 11.2. The number of nitrogens with zero attached hydrogens (tertiary/aromatic N) is 3. The predicted molar refractivity (Wildman–Crippen MR) is 61.6 cm³/mol. The van der Waals surface area contributed by atoms with Crippen molar-refractivity contribution in [3.05, 3.63) is 16.4 Å². The van der Waals surface area contributed by atoms with Gasteiger partial charge in [0.15, 0.2) is 6.29 Å². The summed E-state index contributed by atoms with van der Waals surface area (Å²) >= 11 is 6.03. The van der Waals surface area contributed by atoms with E-state index in [9.17, 15) is 4.79 Å². The van der Waals surface area contributed by atoms with E-state index < -0.39 is 0 Å². The zero-order chi connectivity index (χ0) is 12.3. The van der Waals surface area contributed by atoms with Crippen LogP contribution in [0.4, 0.5) is 0 Å². The second kappa shape index (κ2) is 4.67. The topological polar surface area (TPSA) is 58.7 Å². The Morgan fingerprint density at radius 1 is 1.56 bits per heavy atom. The lowest BCUT2D eigenvalue weighted by molar-refractivity contribution is 0.112. The molecule has 4 nitrogen and oxygen atoms in total. The Morgan fingerprint density at radius 3 is 2.56 bits per heavy atom. The average Bonchev–Trinajstić information content (AvgIpc) is 2.51. The summed E-state index contributed by atoms with van der Waals surface area (Å²) in [6.45, 7) is 6.31. The maximum atomic E-state index is 11.0. The first-order chi connectivity index (χ1) is 7.41. The molecule has 0 radical (unpaired) electrons. The molecule has 5 heteroatoms. The molecule has 0 amide bonds. The van der Waals surface area contributed by atoms with Crippen LogP contribution in [0.1, 0.15) is 43.2 Å². The average molecular weight is 240 g/mol. The standard InChI is InChI=1S/C11H14ClN3O/c1-11(2,3)9-8(7-16)10(12)15(14-9)6-4-5-13/h7H,4,6H2,1-3H3. The van der Waals surface area contributed by atoms with Crippen LogP contribution in [0.5, 0.6) is 0 Å². The van der Waals surface area contributed by atoms with Gasteiger partial charge in [-0.05, 0) is 0 Å². The third-order valence-electron chi connectivity index (χ3n) is 2.19. The van der Waals surface area contributed by atoms with Crippen LogP contribution in [0.3, 0.4) is 0 Å². The van der Waals surface area contributed by atoms with Crippen molar-refractivity contribution < 1.29 is 4.79 Å². The van der Waals surface area contributed by atoms with Crippen LogP contribution in [0.25, 0.3) is 0 Å². The van der Waals surface area contributed by atoms with E-state index in [1.54, 1.807) is 0 Å². The minimum Gasteiger partial charge on any atom is -0.298 e. The molecule has 0 atom stereocenters. The molecule has 1 heterocycles. The molecule has 0 unspecified atom stereocenters. The highest BCUT2D eigenvalue weighted by Gasteiger charge is 2.25. The van der Waals surface area contributed by atoms with Crippen molar-refractivity contribution >= 4 is 17.9 Å². The third-order valence-corrected chi connectivity index (χ3v) is 2.59. The molecule has 0 N–H and O–H groups in total. The van der Waals surface area contributed by atoms with Crippen LogP contribution in [-0.2, 0) is 12.0 Å². The molecule has 0 saturated carbocycles. The number of nitriles is 1. The first-order valence-electron chi connectivity index (χ1n) is 5.00. The number of aromatic nitrogens is 2. The Morgan fingerprint density at radius 2 is 2.19 bits per heavy atom. The molecule has 0 spiro atoms. The van der Waals surface area contributed by atoms with E-state index >= 15 is 0 Å².